The third-order valence-electron chi connectivity index (χ3n) is 1.66. The fraction of sp³-hybridized carbons (Fsp3) is 0.333. The highest BCUT2D eigenvalue weighted by Gasteiger charge is 2.07. The van der Waals surface area contributed by atoms with Crippen molar-refractivity contribution in [2.24, 2.45) is 0 Å². The molecule has 0 amide bonds. The number of rotatable bonds is 4. The Bertz CT molecular complexity index is 251. The van der Waals surface area contributed by atoms with Gasteiger partial charge in [-0.05, 0) is 23.0 Å². The first kappa shape index (κ1) is 13.0. The second kappa shape index (κ2) is 7.45. The lowest BCUT2D eigenvalue weighted by Gasteiger charge is -1.94. The van der Waals surface area contributed by atoms with Gasteiger partial charge in [-0.1, -0.05) is 30.3 Å². The molecule has 1 atom stereocenters. The lowest BCUT2D eigenvalue weighted by molar-refractivity contribution is 0.501. The van der Waals surface area contributed by atoms with Crippen molar-refractivity contribution in [3.63, 3.8) is 0 Å². The maximum atomic E-state index is 10.3. The number of aryl methyl sites for hydroxylation is 1. The van der Waals surface area contributed by atoms with E-state index >= 15 is 0 Å². The van der Waals surface area contributed by atoms with Crippen LogP contribution in [0.1, 0.15) is 12.0 Å². The first-order valence-corrected chi connectivity index (χ1v) is 5.36. The molecule has 0 bridgehead atoms. The van der Waals surface area contributed by atoms with E-state index in [2.05, 4.69) is 0 Å². The molecule has 1 aromatic carbocycles. The monoisotopic (exact) mass is 207 g/mol. The Hall–Kier alpha value is 0.0462. The van der Waals surface area contributed by atoms with Crippen LogP contribution in [0.2, 0.25) is 0 Å². The predicted molar refractivity (Wildman–Crippen MR) is 55.2 cm³/mol. The van der Waals surface area contributed by atoms with Crippen molar-refractivity contribution in [3.05, 3.63) is 35.9 Å². The summed E-state index contributed by atoms with van der Waals surface area (Å²) >= 11 is 0. The van der Waals surface area contributed by atoms with E-state index in [-0.39, 0.29) is 23.1 Å². The van der Waals surface area contributed by atoms with Gasteiger partial charge in [0.25, 0.3) is 0 Å². The van der Waals surface area contributed by atoms with Gasteiger partial charge in [0, 0.05) is 23.1 Å². The third kappa shape index (κ3) is 6.16. The molecule has 1 unspecified atom stereocenters. The van der Waals surface area contributed by atoms with Crippen molar-refractivity contribution in [2.45, 2.75) is 12.8 Å². The molecule has 1 rings (SSSR count). The first-order chi connectivity index (χ1) is 5.79. The van der Waals surface area contributed by atoms with Crippen LogP contribution in [0.4, 0.5) is 0 Å². The summed E-state index contributed by atoms with van der Waals surface area (Å²) in [5.41, 5.74) is 1.23. The molecular formula is C9H12MgO2P+. The summed E-state index contributed by atoms with van der Waals surface area (Å²) in [7, 11) is -1.95. The average molecular weight is 207 g/mol. The Morgan fingerprint density at radius 1 is 1.23 bits per heavy atom. The van der Waals surface area contributed by atoms with Crippen molar-refractivity contribution in [3.8, 4) is 0 Å². The van der Waals surface area contributed by atoms with Gasteiger partial charge in [0.05, 0.1) is 0 Å². The van der Waals surface area contributed by atoms with E-state index in [4.69, 9.17) is 4.89 Å². The number of hydrogen-bond acceptors (Lipinski definition) is 1. The summed E-state index contributed by atoms with van der Waals surface area (Å²) in [6, 6.07) is 9.99. The molecule has 2 nitrogen and oxygen atoms in total. The van der Waals surface area contributed by atoms with Crippen LogP contribution in [0.5, 0.6) is 0 Å². The lowest BCUT2D eigenvalue weighted by atomic mass is 10.1. The van der Waals surface area contributed by atoms with Crippen LogP contribution in [0.15, 0.2) is 30.3 Å². The zero-order valence-electron chi connectivity index (χ0n) is 7.52. The zero-order valence-corrected chi connectivity index (χ0v) is 9.83. The van der Waals surface area contributed by atoms with Crippen LogP contribution in [0, 0.1) is 0 Å². The van der Waals surface area contributed by atoms with Crippen molar-refractivity contribution in [1.29, 1.82) is 0 Å². The Kier molecular flexibility index (Phi) is 7.48. The van der Waals surface area contributed by atoms with Crippen molar-refractivity contribution < 1.29 is 9.46 Å². The molecule has 1 aromatic rings. The number of benzene rings is 1. The van der Waals surface area contributed by atoms with Crippen LogP contribution in [-0.2, 0) is 11.0 Å². The van der Waals surface area contributed by atoms with Gasteiger partial charge in [-0.2, -0.15) is 4.89 Å². The van der Waals surface area contributed by atoms with E-state index in [1.165, 1.54) is 5.56 Å². The summed E-state index contributed by atoms with van der Waals surface area (Å²) in [4.78, 5) is 8.54. The van der Waals surface area contributed by atoms with E-state index in [1.807, 2.05) is 30.3 Å². The molecule has 0 aliphatic carbocycles. The predicted octanol–water partition coefficient (Wildman–Crippen LogP) is 1.97. The first-order valence-electron chi connectivity index (χ1n) is 3.96. The molecule has 0 saturated heterocycles. The van der Waals surface area contributed by atoms with Gasteiger partial charge in [0.2, 0.25) is 0 Å². The van der Waals surface area contributed by atoms with E-state index in [0.717, 1.165) is 12.8 Å². The smallest absolute Gasteiger partial charge is 0.161 e. The minimum absolute atomic E-state index is 0. The normalized spacial score (nSPS) is 10.4. The molecule has 0 heterocycles. The topological polar surface area (TPSA) is 37.3 Å². The van der Waals surface area contributed by atoms with Crippen LogP contribution in [-0.4, -0.2) is 34.1 Å². The van der Waals surface area contributed by atoms with E-state index < -0.39 is 8.03 Å². The van der Waals surface area contributed by atoms with Crippen LogP contribution < -0.4 is 0 Å². The molecule has 2 radical (unpaired) electrons. The molecule has 0 aliphatic rings. The quantitative estimate of drug-likeness (QED) is 0.605. The molecule has 4 heteroatoms. The summed E-state index contributed by atoms with van der Waals surface area (Å²) in [5.74, 6) is 0. The molecule has 0 fully saturated rings. The fourth-order valence-corrected chi connectivity index (χ4v) is 1.49. The Morgan fingerprint density at radius 2 is 1.85 bits per heavy atom. The van der Waals surface area contributed by atoms with Crippen molar-refractivity contribution in [2.75, 3.05) is 6.16 Å². The maximum Gasteiger partial charge on any atom is 0.505 e. The highest BCUT2D eigenvalue weighted by atomic mass is 31.1. The van der Waals surface area contributed by atoms with Gasteiger partial charge in [-0.3, -0.25) is 0 Å². The van der Waals surface area contributed by atoms with Gasteiger partial charge in [-0.25, -0.2) is 0 Å². The molecular weight excluding hydrogens is 195 g/mol. The second-order valence-electron chi connectivity index (χ2n) is 2.66. The average Bonchev–Trinajstić information content (AvgIpc) is 2.05. The summed E-state index contributed by atoms with van der Waals surface area (Å²) in [5, 5.41) is 0. The van der Waals surface area contributed by atoms with Crippen molar-refractivity contribution >= 4 is 31.1 Å². The zero-order chi connectivity index (χ0) is 8.81. The van der Waals surface area contributed by atoms with Crippen LogP contribution in [0.25, 0.3) is 0 Å². The highest BCUT2D eigenvalue weighted by molar-refractivity contribution is 7.37. The lowest BCUT2D eigenvalue weighted by Crippen LogP contribution is -1.86. The van der Waals surface area contributed by atoms with Gasteiger partial charge in [0.1, 0.15) is 0 Å². The van der Waals surface area contributed by atoms with E-state index in [1.54, 1.807) is 0 Å². The molecule has 0 aromatic heterocycles. The van der Waals surface area contributed by atoms with Crippen molar-refractivity contribution in [1.82, 2.24) is 0 Å². The summed E-state index contributed by atoms with van der Waals surface area (Å²) in [6.45, 7) is 0. The summed E-state index contributed by atoms with van der Waals surface area (Å²) < 4.78 is 10.3. The minimum atomic E-state index is -1.95. The number of hydrogen-bond donors (Lipinski definition) is 1. The Morgan fingerprint density at radius 3 is 2.38 bits per heavy atom. The minimum Gasteiger partial charge on any atom is -0.161 e. The van der Waals surface area contributed by atoms with Crippen LogP contribution in [0.3, 0.4) is 0 Å². The Labute approximate surface area is 95.4 Å². The van der Waals surface area contributed by atoms with E-state index in [9.17, 15) is 4.57 Å². The maximum absolute atomic E-state index is 10.3. The molecule has 0 aliphatic heterocycles. The summed E-state index contributed by atoms with van der Waals surface area (Å²) in [6.07, 6.45) is 2.09. The van der Waals surface area contributed by atoms with Gasteiger partial charge >= 0.3 is 8.03 Å². The third-order valence-corrected chi connectivity index (χ3v) is 2.36. The molecule has 1 N–H and O–H groups in total. The van der Waals surface area contributed by atoms with Crippen LogP contribution >= 0.6 is 8.03 Å². The second-order valence-corrected chi connectivity index (χ2v) is 3.82. The molecule has 66 valence electrons. The largest absolute Gasteiger partial charge is 0.505 e. The van der Waals surface area contributed by atoms with Gasteiger partial charge in [-0.15, -0.1) is 0 Å². The SMILES string of the molecule is O=[P+](O)CCCc1ccccc1.[Mg]. The highest BCUT2D eigenvalue weighted by Crippen LogP contribution is 2.15. The molecule has 0 saturated carbocycles. The Balaban J connectivity index is 0.00000144. The standard InChI is InChI=1S/C9H11O2P.Mg/c10-12(11)8-4-7-9-5-2-1-3-6-9;/h1-3,5-6H,4,7-8H2;/p+1. The van der Waals surface area contributed by atoms with Gasteiger partial charge in [0.15, 0.2) is 6.16 Å². The van der Waals surface area contributed by atoms with Gasteiger partial charge < -0.3 is 0 Å². The molecule has 13 heavy (non-hydrogen) atoms. The fourth-order valence-electron chi connectivity index (χ4n) is 1.06. The molecule has 0 spiro atoms. The van der Waals surface area contributed by atoms with E-state index in [0.29, 0.717) is 6.16 Å².